The number of aromatic nitrogens is 1. The zero-order valence-corrected chi connectivity index (χ0v) is 19.2. The van der Waals surface area contributed by atoms with Crippen molar-refractivity contribution in [1.29, 1.82) is 0 Å². The summed E-state index contributed by atoms with van der Waals surface area (Å²) in [7, 11) is 2.04. The minimum Gasteiger partial charge on any atom is -0.603 e. The third-order valence-corrected chi connectivity index (χ3v) is 6.11. The molecule has 2 aromatic rings. The Morgan fingerprint density at radius 3 is 2.58 bits per heavy atom. The molecule has 33 heavy (non-hydrogen) atoms. The number of aliphatic imine (C=N–C) groups is 1. The van der Waals surface area contributed by atoms with Crippen LogP contribution in [0.3, 0.4) is 0 Å². The lowest BCUT2D eigenvalue weighted by Crippen LogP contribution is -2.52. The Hall–Kier alpha value is -3.11. The number of nitrogens with zero attached hydrogens (tertiary/aromatic N) is 6. The fourth-order valence-corrected chi connectivity index (χ4v) is 4.69. The van der Waals surface area contributed by atoms with Gasteiger partial charge in [-0.05, 0) is 38.6 Å². The zero-order chi connectivity index (χ0) is 23.2. The van der Waals surface area contributed by atoms with Crippen LogP contribution in [0.25, 0.3) is 11.3 Å². The summed E-state index contributed by atoms with van der Waals surface area (Å²) in [5.74, 6) is 0.821. The summed E-state index contributed by atoms with van der Waals surface area (Å²) >= 11 is 0. The predicted molar refractivity (Wildman–Crippen MR) is 128 cm³/mol. The molecule has 0 aliphatic carbocycles. The van der Waals surface area contributed by atoms with Gasteiger partial charge in [0.05, 0.1) is 17.9 Å². The molecule has 3 aliphatic rings. The number of pyridine rings is 1. The summed E-state index contributed by atoms with van der Waals surface area (Å²) in [4.78, 5) is 13.2. The molecule has 1 saturated heterocycles. The van der Waals surface area contributed by atoms with Crippen molar-refractivity contribution < 1.29 is 9.49 Å². The van der Waals surface area contributed by atoms with E-state index in [1.807, 2.05) is 63.4 Å². The van der Waals surface area contributed by atoms with E-state index in [1.165, 1.54) is 0 Å². The Morgan fingerprint density at radius 1 is 1.15 bits per heavy atom. The van der Waals surface area contributed by atoms with Crippen LogP contribution in [0.2, 0.25) is 0 Å². The average Bonchev–Trinajstić information content (AvgIpc) is 3.11. The van der Waals surface area contributed by atoms with Crippen molar-refractivity contribution in [2.45, 2.75) is 20.0 Å². The molecule has 0 radical (unpaired) electrons. The number of likely N-dealkylation sites (N-methyl/N-ethyl adjacent to an activating group) is 1. The van der Waals surface area contributed by atoms with Crippen molar-refractivity contribution in [3.8, 4) is 0 Å². The lowest BCUT2D eigenvalue weighted by atomic mass is 9.96. The van der Waals surface area contributed by atoms with Gasteiger partial charge in [-0.2, -0.15) is 0 Å². The summed E-state index contributed by atoms with van der Waals surface area (Å²) in [5.41, 5.74) is 11.5. The van der Waals surface area contributed by atoms with Gasteiger partial charge in [-0.25, -0.2) is 14.6 Å². The SMILES string of the molecule is Cc1cc(C2=C(c3ccccc3)N=C(N)N3C[N+]([O-])(C[C@@H]4CN(C)CCO4)N=C23)cc(C)n1. The highest BCUT2D eigenvalue weighted by molar-refractivity contribution is 6.35. The Bertz CT molecular complexity index is 1140. The molecule has 172 valence electrons. The number of hydrogen-bond donors (Lipinski definition) is 1. The van der Waals surface area contributed by atoms with Gasteiger partial charge in [-0.1, -0.05) is 35.4 Å². The van der Waals surface area contributed by atoms with E-state index in [0.29, 0.717) is 24.7 Å². The highest BCUT2D eigenvalue weighted by Gasteiger charge is 2.42. The van der Waals surface area contributed by atoms with Crippen LogP contribution in [0.5, 0.6) is 0 Å². The van der Waals surface area contributed by atoms with Gasteiger partial charge in [0.2, 0.25) is 11.8 Å². The first kappa shape index (κ1) is 21.7. The second-order valence-corrected chi connectivity index (χ2v) is 8.98. The minimum atomic E-state index is -0.779. The van der Waals surface area contributed by atoms with Crippen LogP contribution < -0.4 is 5.73 Å². The van der Waals surface area contributed by atoms with Gasteiger partial charge in [-0.3, -0.25) is 4.98 Å². The van der Waals surface area contributed by atoms with Crippen molar-refractivity contribution in [1.82, 2.24) is 14.8 Å². The molecular formula is C24H29N7O2. The first-order chi connectivity index (χ1) is 15.8. The lowest BCUT2D eigenvalue weighted by Gasteiger charge is -2.38. The van der Waals surface area contributed by atoms with Crippen LogP contribution in [-0.2, 0) is 4.74 Å². The molecule has 5 rings (SSSR count). The third kappa shape index (κ3) is 4.28. The Morgan fingerprint density at radius 2 is 1.88 bits per heavy atom. The number of fused-ring (bicyclic) bond motifs is 1. The molecule has 0 amide bonds. The number of nitrogens with two attached hydrogens (primary N) is 1. The van der Waals surface area contributed by atoms with Crippen molar-refractivity contribution in [3.63, 3.8) is 0 Å². The number of hydrogen-bond acceptors (Lipinski definition) is 8. The number of guanidine groups is 1. The van der Waals surface area contributed by atoms with Gasteiger partial charge >= 0.3 is 0 Å². The number of amidine groups is 1. The minimum absolute atomic E-state index is 0.0723. The monoisotopic (exact) mass is 447 g/mol. The Labute approximate surface area is 193 Å². The molecule has 1 unspecified atom stereocenters. The lowest BCUT2D eigenvalue weighted by molar-refractivity contribution is -0.890. The molecule has 0 spiro atoms. The summed E-state index contributed by atoms with van der Waals surface area (Å²) in [6.07, 6.45) is -0.184. The molecule has 4 heterocycles. The molecular weight excluding hydrogens is 418 g/mol. The maximum atomic E-state index is 13.8. The largest absolute Gasteiger partial charge is 0.603 e. The summed E-state index contributed by atoms with van der Waals surface area (Å²) in [6, 6.07) is 13.9. The van der Waals surface area contributed by atoms with E-state index < -0.39 is 4.76 Å². The number of benzene rings is 1. The number of rotatable bonds is 4. The third-order valence-electron chi connectivity index (χ3n) is 6.11. The maximum Gasteiger partial charge on any atom is 0.207 e. The highest BCUT2D eigenvalue weighted by atomic mass is 16.6. The molecule has 1 fully saturated rings. The molecule has 1 aromatic heterocycles. The molecule has 3 aliphatic heterocycles. The van der Waals surface area contributed by atoms with Crippen LogP contribution in [0.15, 0.2) is 52.6 Å². The van der Waals surface area contributed by atoms with Gasteiger partial charge in [0.25, 0.3) is 0 Å². The first-order valence-corrected chi connectivity index (χ1v) is 11.2. The van der Waals surface area contributed by atoms with E-state index in [-0.39, 0.29) is 25.3 Å². The highest BCUT2D eigenvalue weighted by Crippen LogP contribution is 2.37. The second kappa shape index (κ2) is 8.35. The topological polar surface area (TPSA) is 102 Å². The van der Waals surface area contributed by atoms with Crippen molar-refractivity contribution in [2.75, 3.05) is 40.0 Å². The molecule has 9 nitrogen and oxygen atoms in total. The van der Waals surface area contributed by atoms with E-state index in [0.717, 1.165) is 34.6 Å². The van der Waals surface area contributed by atoms with Gasteiger partial charge in [0.1, 0.15) is 12.6 Å². The normalized spacial score (nSPS) is 25.7. The number of quaternary nitrogens is 1. The standard InChI is InChI=1S/C24H29N7O2/c1-16-11-19(12-17(2)26-16)21-22(18-7-5-4-6-8-18)27-24(25)30-15-31(32,28-23(21)30)14-20-13-29(3)9-10-33-20/h4-8,11-12,20H,9-10,13-15H2,1-3H3,(H2,25,27)/t20-,31?/m0/s1. The number of hydroxylamine groups is 2. The molecule has 0 bridgehead atoms. The van der Waals surface area contributed by atoms with Crippen LogP contribution in [0, 0.1) is 19.1 Å². The van der Waals surface area contributed by atoms with Crippen LogP contribution in [0.1, 0.15) is 22.5 Å². The van der Waals surface area contributed by atoms with E-state index in [2.05, 4.69) is 9.88 Å². The van der Waals surface area contributed by atoms with Gasteiger partial charge in [0, 0.05) is 30.0 Å². The van der Waals surface area contributed by atoms with E-state index in [1.54, 1.807) is 4.90 Å². The van der Waals surface area contributed by atoms with Gasteiger partial charge < -0.3 is 20.6 Å². The molecule has 0 saturated carbocycles. The van der Waals surface area contributed by atoms with Crippen molar-refractivity contribution in [3.05, 3.63) is 70.2 Å². The van der Waals surface area contributed by atoms with Crippen LogP contribution in [0.4, 0.5) is 0 Å². The average molecular weight is 448 g/mol. The van der Waals surface area contributed by atoms with Crippen molar-refractivity contribution >= 4 is 23.1 Å². The predicted octanol–water partition coefficient (Wildman–Crippen LogP) is 2.13. The maximum absolute atomic E-state index is 13.8. The van der Waals surface area contributed by atoms with E-state index in [9.17, 15) is 5.21 Å². The number of morpholine rings is 1. The Balaban J connectivity index is 1.63. The van der Waals surface area contributed by atoms with Gasteiger partial charge in [0.15, 0.2) is 6.67 Å². The second-order valence-electron chi connectivity index (χ2n) is 8.98. The van der Waals surface area contributed by atoms with Crippen molar-refractivity contribution in [2.24, 2.45) is 15.8 Å². The van der Waals surface area contributed by atoms with Gasteiger partial charge in [-0.15, -0.1) is 0 Å². The Kier molecular flexibility index (Phi) is 5.49. The summed E-state index contributed by atoms with van der Waals surface area (Å²) < 4.78 is 5.08. The first-order valence-electron chi connectivity index (χ1n) is 11.2. The molecule has 1 aromatic carbocycles. The molecule has 9 heteroatoms. The summed E-state index contributed by atoms with van der Waals surface area (Å²) in [6.45, 7) is 6.39. The number of aryl methyl sites for hydroxylation is 2. The smallest absolute Gasteiger partial charge is 0.207 e. The molecule has 2 N–H and O–H groups in total. The quantitative estimate of drug-likeness (QED) is 0.569. The fraction of sp³-hybridized carbons (Fsp3) is 0.375. The molecule has 2 atom stereocenters. The summed E-state index contributed by atoms with van der Waals surface area (Å²) in [5, 5.41) is 18.5. The van der Waals surface area contributed by atoms with Crippen LogP contribution in [-0.4, -0.2) is 77.4 Å². The van der Waals surface area contributed by atoms with E-state index >= 15 is 0 Å². The van der Waals surface area contributed by atoms with Crippen LogP contribution >= 0.6 is 0 Å². The zero-order valence-electron chi connectivity index (χ0n) is 19.2. The number of ether oxygens (including phenoxy) is 1. The van der Waals surface area contributed by atoms with E-state index in [4.69, 9.17) is 20.6 Å². The fourth-order valence-electron chi connectivity index (χ4n) is 4.69.